The van der Waals surface area contributed by atoms with Crippen LogP contribution in [0, 0.1) is 13.8 Å². The zero-order chi connectivity index (χ0) is 23.9. The summed E-state index contributed by atoms with van der Waals surface area (Å²) in [6, 6.07) is 23.8. The average Bonchev–Trinajstić information content (AvgIpc) is 3.10. The van der Waals surface area contributed by atoms with Gasteiger partial charge in [0.2, 0.25) is 10.0 Å². The summed E-state index contributed by atoms with van der Waals surface area (Å²) in [6.07, 6.45) is 1.63. The molecule has 4 nitrogen and oxygen atoms in total. The van der Waals surface area contributed by atoms with Crippen LogP contribution in [0.5, 0.6) is 0 Å². The van der Waals surface area contributed by atoms with Gasteiger partial charge in [0.15, 0.2) is 0 Å². The summed E-state index contributed by atoms with van der Waals surface area (Å²) in [5.41, 5.74) is 5.78. The van der Waals surface area contributed by atoms with Gasteiger partial charge in [0.25, 0.3) is 0 Å². The third kappa shape index (κ3) is 4.17. The minimum Gasteiger partial charge on any atom is -0.340 e. The van der Waals surface area contributed by atoms with E-state index in [1.165, 1.54) is 27.7 Å². The molecule has 0 aliphatic carbocycles. The molecule has 3 aromatic carbocycles. The molecule has 0 N–H and O–H groups in total. The first kappa shape index (κ1) is 23.2. The highest BCUT2D eigenvalue weighted by Crippen LogP contribution is 2.39. The molecule has 1 aliphatic heterocycles. The Balaban J connectivity index is 1.44. The summed E-state index contributed by atoms with van der Waals surface area (Å²) in [5, 5.41) is 2.01. The topological polar surface area (TPSA) is 42.3 Å². The van der Waals surface area contributed by atoms with E-state index in [9.17, 15) is 8.42 Å². The second-order valence-corrected chi connectivity index (χ2v) is 11.5. The van der Waals surface area contributed by atoms with Gasteiger partial charge in [-0.25, -0.2) is 8.42 Å². The van der Waals surface area contributed by atoms with Crippen molar-refractivity contribution in [2.75, 3.05) is 13.1 Å². The Kier molecular flexibility index (Phi) is 6.28. The lowest BCUT2D eigenvalue weighted by molar-refractivity contribution is 0.319. The molecule has 1 fully saturated rings. The van der Waals surface area contributed by atoms with Gasteiger partial charge >= 0.3 is 0 Å². The lowest BCUT2D eigenvalue weighted by Crippen LogP contribution is -2.38. The summed E-state index contributed by atoms with van der Waals surface area (Å²) < 4.78 is 30.6. The van der Waals surface area contributed by atoms with Crippen LogP contribution in [0.15, 0.2) is 77.7 Å². The molecule has 0 saturated carbocycles. The Morgan fingerprint density at radius 1 is 0.912 bits per heavy atom. The standard InChI is InChI=1S/C28H29ClN2O2S/c1-20-8-3-6-13-27(20)34(32,33)30-16-14-23(15-17-30)28-21(2)31(26-12-5-4-11-25(26)28)19-22-9-7-10-24(29)18-22/h3-13,18,23H,14-17,19H2,1-2H3. The van der Waals surface area contributed by atoms with Crippen molar-refractivity contribution >= 4 is 32.5 Å². The van der Waals surface area contributed by atoms with Crippen LogP contribution < -0.4 is 0 Å². The molecule has 34 heavy (non-hydrogen) atoms. The monoisotopic (exact) mass is 492 g/mol. The summed E-state index contributed by atoms with van der Waals surface area (Å²) in [4.78, 5) is 0.419. The molecule has 176 valence electrons. The van der Waals surface area contributed by atoms with Crippen molar-refractivity contribution in [3.8, 4) is 0 Å². The van der Waals surface area contributed by atoms with Crippen LogP contribution in [-0.4, -0.2) is 30.4 Å². The van der Waals surface area contributed by atoms with E-state index in [-0.39, 0.29) is 0 Å². The number of benzene rings is 3. The molecule has 2 heterocycles. The minimum absolute atomic E-state index is 0.328. The zero-order valence-corrected chi connectivity index (χ0v) is 21.1. The van der Waals surface area contributed by atoms with Gasteiger partial charge in [-0.3, -0.25) is 0 Å². The number of hydrogen-bond acceptors (Lipinski definition) is 2. The van der Waals surface area contributed by atoms with Crippen molar-refractivity contribution in [2.24, 2.45) is 0 Å². The Morgan fingerprint density at radius 3 is 2.35 bits per heavy atom. The van der Waals surface area contributed by atoms with E-state index in [1.807, 2.05) is 37.3 Å². The molecule has 0 amide bonds. The second-order valence-electron chi connectivity index (χ2n) is 9.18. The van der Waals surface area contributed by atoms with Crippen LogP contribution in [0.3, 0.4) is 0 Å². The number of halogens is 1. The van der Waals surface area contributed by atoms with E-state index in [2.05, 4.69) is 41.8 Å². The van der Waals surface area contributed by atoms with E-state index in [1.54, 1.807) is 16.4 Å². The van der Waals surface area contributed by atoms with Gasteiger partial charge in [-0.05, 0) is 73.6 Å². The number of aryl methyl sites for hydroxylation is 1. The number of aromatic nitrogens is 1. The molecule has 0 unspecified atom stereocenters. The van der Waals surface area contributed by atoms with Gasteiger partial charge in [-0.15, -0.1) is 0 Å². The molecular weight excluding hydrogens is 464 g/mol. The second kappa shape index (κ2) is 9.21. The average molecular weight is 493 g/mol. The fraction of sp³-hybridized carbons (Fsp3) is 0.286. The number of fused-ring (bicyclic) bond motifs is 1. The predicted molar refractivity (Wildman–Crippen MR) is 139 cm³/mol. The molecule has 1 aromatic heterocycles. The number of sulfonamides is 1. The maximum Gasteiger partial charge on any atom is 0.243 e. The number of hydrogen-bond donors (Lipinski definition) is 0. The number of rotatable bonds is 5. The maximum absolute atomic E-state index is 13.3. The molecule has 5 rings (SSSR count). The van der Waals surface area contributed by atoms with E-state index >= 15 is 0 Å². The van der Waals surface area contributed by atoms with Gasteiger partial charge < -0.3 is 4.57 Å². The summed E-state index contributed by atoms with van der Waals surface area (Å²) in [5.74, 6) is 0.328. The highest BCUT2D eigenvalue weighted by atomic mass is 35.5. The summed E-state index contributed by atoms with van der Waals surface area (Å²) >= 11 is 6.24. The fourth-order valence-electron chi connectivity index (χ4n) is 5.36. The lowest BCUT2D eigenvalue weighted by Gasteiger charge is -2.32. The molecule has 0 atom stereocenters. The van der Waals surface area contributed by atoms with Gasteiger partial charge in [-0.2, -0.15) is 4.31 Å². The molecule has 0 radical (unpaired) electrons. The van der Waals surface area contributed by atoms with E-state index in [0.29, 0.717) is 23.9 Å². The first-order valence-corrected chi connectivity index (χ1v) is 13.6. The summed E-state index contributed by atoms with van der Waals surface area (Å²) in [7, 11) is -3.47. The van der Waals surface area contributed by atoms with Crippen molar-refractivity contribution in [1.29, 1.82) is 0 Å². The van der Waals surface area contributed by atoms with E-state index in [0.717, 1.165) is 30.0 Å². The Labute approximate surface area is 206 Å². The highest BCUT2D eigenvalue weighted by Gasteiger charge is 2.32. The minimum atomic E-state index is -3.47. The smallest absolute Gasteiger partial charge is 0.243 e. The van der Waals surface area contributed by atoms with E-state index < -0.39 is 10.0 Å². The predicted octanol–water partition coefficient (Wildman–Crippen LogP) is 6.53. The first-order chi connectivity index (χ1) is 16.4. The van der Waals surface area contributed by atoms with Crippen LogP contribution in [-0.2, 0) is 16.6 Å². The number of nitrogens with zero attached hydrogens (tertiary/aromatic N) is 2. The molecular formula is C28H29ClN2O2S. The molecule has 1 saturated heterocycles. The third-order valence-electron chi connectivity index (χ3n) is 7.08. The largest absolute Gasteiger partial charge is 0.340 e. The van der Waals surface area contributed by atoms with Crippen molar-refractivity contribution < 1.29 is 8.42 Å². The fourth-order valence-corrected chi connectivity index (χ4v) is 7.27. The van der Waals surface area contributed by atoms with Crippen LogP contribution in [0.2, 0.25) is 5.02 Å². The Hall–Kier alpha value is -2.60. The van der Waals surface area contributed by atoms with Crippen molar-refractivity contribution in [2.45, 2.75) is 44.0 Å². The van der Waals surface area contributed by atoms with Crippen LogP contribution >= 0.6 is 11.6 Å². The van der Waals surface area contributed by atoms with Crippen molar-refractivity contribution in [3.05, 3.63) is 100 Å². The zero-order valence-electron chi connectivity index (χ0n) is 19.5. The van der Waals surface area contributed by atoms with Gasteiger partial charge in [-0.1, -0.05) is 60.1 Å². The number of para-hydroxylation sites is 1. The molecule has 1 aliphatic rings. The van der Waals surface area contributed by atoms with Crippen molar-refractivity contribution in [1.82, 2.24) is 8.87 Å². The quantitative estimate of drug-likeness (QED) is 0.318. The Bertz CT molecular complexity index is 1450. The molecule has 6 heteroatoms. The van der Waals surface area contributed by atoms with E-state index in [4.69, 9.17) is 11.6 Å². The lowest BCUT2D eigenvalue weighted by atomic mass is 9.88. The van der Waals surface area contributed by atoms with Crippen molar-refractivity contribution in [3.63, 3.8) is 0 Å². The third-order valence-corrected chi connectivity index (χ3v) is 9.38. The van der Waals surface area contributed by atoms with Crippen LogP contribution in [0.1, 0.15) is 41.1 Å². The van der Waals surface area contributed by atoms with Gasteiger partial charge in [0.1, 0.15) is 0 Å². The molecule has 0 spiro atoms. The van der Waals surface area contributed by atoms with Gasteiger partial charge in [0.05, 0.1) is 4.90 Å². The van der Waals surface area contributed by atoms with Gasteiger partial charge in [0, 0.05) is 41.3 Å². The maximum atomic E-state index is 13.3. The SMILES string of the molecule is Cc1ccccc1S(=O)(=O)N1CCC(c2c(C)n(Cc3cccc(Cl)c3)c3ccccc23)CC1. The van der Waals surface area contributed by atoms with Crippen LogP contribution in [0.4, 0.5) is 0 Å². The van der Waals surface area contributed by atoms with Crippen LogP contribution in [0.25, 0.3) is 10.9 Å². The Morgan fingerprint density at radius 2 is 1.62 bits per heavy atom. The number of piperidine rings is 1. The normalized spacial score (nSPS) is 15.7. The highest BCUT2D eigenvalue weighted by molar-refractivity contribution is 7.89. The molecule has 0 bridgehead atoms. The summed E-state index contributed by atoms with van der Waals surface area (Å²) in [6.45, 7) is 5.88. The first-order valence-electron chi connectivity index (χ1n) is 11.7. The molecule has 4 aromatic rings.